The molecule has 35 heavy (non-hydrogen) atoms. The van der Waals surface area contributed by atoms with Gasteiger partial charge < -0.3 is 10.2 Å². The molecule has 1 fully saturated rings. The van der Waals surface area contributed by atoms with Gasteiger partial charge in [0.15, 0.2) is 0 Å². The molecule has 0 atom stereocenters. The minimum atomic E-state index is -3.67. The first-order valence-electron chi connectivity index (χ1n) is 11.7. The van der Waals surface area contributed by atoms with Gasteiger partial charge in [0.25, 0.3) is 5.91 Å². The van der Waals surface area contributed by atoms with Crippen molar-refractivity contribution in [3.05, 3.63) is 83.7 Å². The Bertz CT molecular complexity index is 1320. The standard InChI is InChI=1S/C27H30N4O3S/c1-30(2)35(33,34)24-14-15-26(31-17-6-3-7-18-31)25(20-24)27(32)29-23-11-8-9-21(19-23)12-13-22-10-4-5-16-28-22/h4-5,8-16,19-20H,3,6-7,17-18H2,1-2H3,(H,29,32)/b13-12+. The summed E-state index contributed by atoms with van der Waals surface area (Å²) in [5, 5.41) is 2.96. The minimum Gasteiger partial charge on any atom is -0.371 e. The third-order valence-corrected chi connectivity index (χ3v) is 7.78. The molecule has 2 aromatic carbocycles. The Morgan fingerprint density at radius 1 is 0.971 bits per heavy atom. The van der Waals surface area contributed by atoms with Crippen LogP contribution in [0, 0.1) is 0 Å². The summed E-state index contributed by atoms with van der Waals surface area (Å²) in [5.74, 6) is -0.341. The van der Waals surface area contributed by atoms with E-state index in [4.69, 9.17) is 0 Å². The van der Waals surface area contributed by atoms with Gasteiger partial charge in [0, 0.05) is 44.8 Å². The molecule has 2 heterocycles. The van der Waals surface area contributed by atoms with Crippen molar-refractivity contribution < 1.29 is 13.2 Å². The van der Waals surface area contributed by atoms with E-state index < -0.39 is 10.0 Å². The van der Waals surface area contributed by atoms with Crippen molar-refractivity contribution in [2.24, 2.45) is 0 Å². The Labute approximate surface area is 207 Å². The number of aromatic nitrogens is 1. The summed E-state index contributed by atoms with van der Waals surface area (Å²) in [6.07, 6.45) is 8.82. The first-order chi connectivity index (χ1) is 16.8. The Hall–Kier alpha value is -3.49. The second kappa shape index (κ2) is 10.8. The normalized spacial score (nSPS) is 14.4. The molecule has 3 aromatic rings. The number of amides is 1. The van der Waals surface area contributed by atoms with Gasteiger partial charge in [0.05, 0.1) is 16.2 Å². The zero-order valence-electron chi connectivity index (χ0n) is 20.0. The number of benzene rings is 2. The van der Waals surface area contributed by atoms with Gasteiger partial charge in [-0.3, -0.25) is 9.78 Å². The van der Waals surface area contributed by atoms with Crippen LogP contribution in [0.1, 0.15) is 40.9 Å². The number of hydrogen-bond donors (Lipinski definition) is 1. The smallest absolute Gasteiger partial charge is 0.257 e. The molecule has 182 valence electrons. The van der Waals surface area contributed by atoms with Crippen LogP contribution in [0.4, 0.5) is 11.4 Å². The summed E-state index contributed by atoms with van der Waals surface area (Å²) in [7, 11) is -0.706. The lowest BCUT2D eigenvalue weighted by Gasteiger charge is -2.30. The summed E-state index contributed by atoms with van der Waals surface area (Å²) < 4.78 is 26.7. The molecule has 0 radical (unpaired) electrons. The average molecular weight is 491 g/mol. The molecule has 1 aliphatic heterocycles. The average Bonchev–Trinajstić information content (AvgIpc) is 2.88. The third-order valence-electron chi connectivity index (χ3n) is 5.97. The molecule has 0 bridgehead atoms. The fourth-order valence-electron chi connectivity index (χ4n) is 4.05. The number of hydrogen-bond acceptors (Lipinski definition) is 5. The van der Waals surface area contributed by atoms with Crippen molar-refractivity contribution in [3.8, 4) is 0 Å². The van der Waals surface area contributed by atoms with E-state index >= 15 is 0 Å². The van der Waals surface area contributed by atoms with Crippen LogP contribution in [0.15, 0.2) is 71.8 Å². The highest BCUT2D eigenvalue weighted by molar-refractivity contribution is 7.89. The summed E-state index contributed by atoms with van der Waals surface area (Å²) in [6.45, 7) is 1.68. The monoisotopic (exact) mass is 490 g/mol. The van der Waals surface area contributed by atoms with Gasteiger partial charge in [-0.25, -0.2) is 12.7 Å². The lowest BCUT2D eigenvalue weighted by Crippen LogP contribution is -2.32. The third kappa shape index (κ3) is 5.96. The van der Waals surface area contributed by atoms with Crippen LogP contribution in [-0.4, -0.2) is 50.8 Å². The summed E-state index contributed by atoms with van der Waals surface area (Å²) in [4.78, 5) is 20.0. The van der Waals surface area contributed by atoms with Gasteiger partial charge in [0.1, 0.15) is 0 Å². The zero-order chi connectivity index (χ0) is 24.8. The van der Waals surface area contributed by atoms with E-state index in [0.717, 1.165) is 53.6 Å². The van der Waals surface area contributed by atoms with E-state index in [1.54, 1.807) is 18.3 Å². The summed E-state index contributed by atoms with van der Waals surface area (Å²) >= 11 is 0. The minimum absolute atomic E-state index is 0.0976. The number of pyridine rings is 1. The molecule has 0 spiro atoms. The Kier molecular flexibility index (Phi) is 7.63. The maximum absolute atomic E-state index is 13.4. The van der Waals surface area contributed by atoms with E-state index in [0.29, 0.717) is 11.3 Å². The second-order valence-corrected chi connectivity index (χ2v) is 10.8. The van der Waals surface area contributed by atoms with Crippen molar-refractivity contribution >= 4 is 39.5 Å². The molecular formula is C27H30N4O3S. The Morgan fingerprint density at radius 2 is 1.77 bits per heavy atom. The molecule has 1 N–H and O–H groups in total. The van der Waals surface area contributed by atoms with Gasteiger partial charge in [-0.2, -0.15) is 0 Å². The quantitative estimate of drug-likeness (QED) is 0.517. The van der Waals surface area contributed by atoms with Crippen LogP contribution in [0.3, 0.4) is 0 Å². The highest BCUT2D eigenvalue weighted by Crippen LogP contribution is 2.29. The molecule has 1 amide bonds. The van der Waals surface area contributed by atoms with Gasteiger partial charge in [-0.1, -0.05) is 24.3 Å². The second-order valence-electron chi connectivity index (χ2n) is 8.68. The van der Waals surface area contributed by atoms with E-state index in [9.17, 15) is 13.2 Å². The van der Waals surface area contributed by atoms with Crippen LogP contribution >= 0.6 is 0 Å². The van der Waals surface area contributed by atoms with Crippen molar-refractivity contribution in [2.75, 3.05) is 37.4 Å². The molecule has 0 saturated carbocycles. The SMILES string of the molecule is CN(C)S(=O)(=O)c1ccc(N2CCCCC2)c(C(=O)Nc2cccc(/C=C/c3ccccn3)c2)c1. The fourth-order valence-corrected chi connectivity index (χ4v) is 4.98. The predicted octanol–water partition coefficient (Wildman–Crippen LogP) is 4.74. The topological polar surface area (TPSA) is 82.6 Å². The maximum atomic E-state index is 13.4. The molecule has 0 aliphatic carbocycles. The summed E-state index contributed by atoms with van der Waals surface area (Å²) in [5.41, 5.74) is 3.49. The molecule has 7 nitrogen and oxygen atoms in total. The van der Waals surface area contributed by atoms with Gasteiger partial charge in [-0.05, 0) is 73.4 Å². The highest BCUT2D eigenvalue weighted by atomic mass is 32.2. The maximum Gasteiger partial charge on any atom is 0.257 e. The zero-order valence-corrected chi connectivity index (χ0v) is 20.8. The van der Waals surface area contributed by atoms with Crippen LogP contribution in [0.5, 0.6) is 0 Å². The molecule has 1 aliphatic rings. The van der Waals surface area contributed by atoms with E-state index in [2.05, 4.69) is 15.2 Å². The molecule has 8 heteroatoms. The van der Waals surface area contributed by atoms with Gasteiger partial charge in [-0.15, -0.1) is 0 Å². The number of anilines is 2. The first kappa shape index (κ1) is 24.6. The summed E-state index contributed by atoms with van der Waals surface area (Å²) in [6, 6.07) is 18.0. The number of sulfonamides is 1. The van der Waals surface area contributed by atoms with E-state index in [-0.39, 0.29) is 10.8 Å². The van der Waals surface area contributed by atoms with Crippen molar-refractivity contribution in [3.63, 3.8) is 0 Å². The van der Waals surface area contributed by atoms with Gasteiger partial charge >= 0.3 is 0 Å². The van der Waals surface area contributed by atoms with Gasteiger partial charge in [0.2, 0.25) is 10.0 Å². The number of nitrogens with zero attached hydrogens (tertiary/aromatic N) is 3. The number of rotatable bonds is 7. The van der Waals surface area contributed by atoms with Crippen LogP contribution < -0.4 is 10.2 Å². The lowest BCUT2D eigenvalue weighted by molar-refractivity contribution is 0.102. The number of carbonyl (C=O) groups excluding carboxylic acids is 1. The highest BCUT2D eigenvalue weighted by Gasteiger charge is 2.24. The fraction of sp³-hybridized carbons (Fsp3) is 0.259. The molecule has 1 saturated heterocycles. The van der Waals surface area contributed by atoms with Crippen LogP contribution in [0.2, 0.25) is 0 Å². The molecule has 4 rings (SSSR count). The number of nitrogens with one attached hydrogen (secondary N) is 1. The lowest BCUT2D eigenvalue weighted by atomic mass is 10.1. The van der Waals surface area contributed by atoms with Crippen LogP contribution in [0.25, 0.3) is 12.2 Å². The first-order valence-corrected chi connectivity index (χ1v) is 13.1. The molecule has 1 aromatic heterocycles. The number of carbonyl (C=O) groups is 1. The van der Waals surface area contributed by atoms with Crippen LogP contribution in [-0.2, 0) is 10.0 Å². The predicted molar refractivity (Wildman–Crippen MR) is 141 cm³/mol. The van der Waals surface area contributed by atoms with Crippen molar-refractivity contribution in [1.29, 1.82) is 0 Å². The molecule has 0 unspecified atom stereocenters. The van der Waals surface area contributed by atoms with Crippen molar-refractivity contribution in [1.82, 2.24) is 9.29 Å². The van der Waals surface area contributed by atoms with E-state index in [1.807, 2.05) is 54.6 Å². The Balaban J connectivity index is 1.63. The molecular weight excluding hydrogens is 460 g/mol. The largest absolute Gasteiger partial charge is 0.371 e. The Morgan fingerprint density at radius 3 is 2.49 bits per heavy atom. The van der Waals surface area contributed by atoms with Crippen molar-refractivity contribution in [2.45, 2.75) is 24.2 Å². The number of piperidine rings is 1. The van der Waals surface area contributed by atoms with E-state index in [1.165, 1.54) is 20.2 Å².